The molecule has 4 heteroatoms. The minimum Gasteiger partial charge on any atom is -0.368 e. The number of amides is 1. The lowest BCUT2D eigenvalue weighted by Gasteiger charge is -2.35. The van der Waals surface area contributed by atoms with Gasteiger partial charge in [0, 0.05) is 19.1 Å². The van der Waals surface area contributed by atoms with Crippen LogP contribution in [0.25, 0.3) is 0 Å². The molecule has 0 aromatic rings. The average molecular weight is 239 g/mol. The number of carbonyl (C=O) groups excluding carboxylic acids is 1. The predicted molar refractivity (Wildman–Crippen MR) is 68.3 cm³/mol. The molecule has 0 bridgehead atoms. The average Bonchev–Trinajstić information content (AvgIpc) is 3.09. The van der Waals surface area contributed by atoms with Crippen LogP contribution in [0.5, 0.6) is 0 Å². The molecule has 4 N–H and O–H groups in total. The van der Waals surface area contributed by atoms with Gasteiger partial charge in [0.15, 0.2) is 0 Å². The lowest BCUT2D eigenvalue weighted by atomic mass is 9.92. The van der Waals surface area contributed by atoms with E-state index in [-0.39, 0.29) is 5.91 Å². The Morgan fingerprint density at radius 1 is 1.35 bits per heavy atom. The highest BCUT2D eigenvalue weighted by molar-refractivity contribution is 5.85. The first-order chi connectivity index (χ1) is 7.93. The van der Waals surface area contributed by atoms with Crippen LogP contribution in [-0.4, -0.2) is 35.5 Å². The number of primary amides is 1. The Kier molecular flexibility index (Phi) is 3.46. The Bertz CT molecular complexity index is 297. The third-order valence-electron chi connectivity index (χ3n) is 4.15. The van der Waals surface area contributed by atoms with Crippen molar-refractivity contribution < 1.29 is 4.79 Å². The summed E-state index contributed by atoms with van der Waals surface area (Å²) in [6.45, 7) is 6.02. The van der Waals surface area contributed by atoms with Crippen LogP contribution < -0.4 is 11.5 Å². The molecule has 0 aromatic heterocycles. The largest absolute Gasteiger partial charge is 0.368 e. The van der Waals surface area contributed by atoms with Crippen LogP contribution in [0.1, 0.15) is 39.5 Å². The van der Waals surface area contributed by atoms with Gasteiger partial charge < -0.3 is 11.5 Å². The molecule has 17 heavy (non-hydrogen) atoms. The maximum absolute atomic E-state index is 11.6. The van der Waals surface area contributed by atoms with E-state index in [1.165, 1.54) is 12.8 Å². The Morgan fingerprint density at radius 2 is 1.94 bits per heavy atom. The number of hydrogen-bond acceptors (Lipinski definition) is 3. The fraction of sp³-hybridized carbons (Fsp3) is 0.923. The minimum absolute atomic E-state index is 0.306. The number of nitrogens with zero attached hydrogens (tertiary/aromatic N) is 1. The summed E-state index contributed by atoms with van der Waals surface area (Å²) in [7, 11) is 0. The molecule has 2 rings (SSSR count). The van der Waals surface area contributed by atoms with Gasteiger partial charge in [-0.15, -0.1) is 0 Å². The van der Waals surface area contributed by atoms with Gasteiger partial charge in [-0.25, -0.2) is 0 Å². The Morgan fingerprint density at radius 3 is 2.29 bits per heavy atom. The van der Waals surface area contributed by atoms with E-state index in [9.17, 15) is 4.79 Å². The number of nitrogens with two attached hydrogens (primary N) is 2. The van der Waals surface area contributed by atoms with Gasteiger partial charge in [-0.3, -0.25) is 9.69 Å². The molecule has 0 spiro atoms. The van der Waals surface area contributed by atoms with E-state index in [2.05, 4.69) is 18.7 Å². The highest BCUT2D eigenvalue weighted by Gasteiger charge is 2.48. The molecule has 0 aliphatic heterocycles. The first kappa shape index (κ1) is 12.8. The quantitative estimate of drug-likeness (QED) is 0.687. The van der Waals surface area contributed by atoms with Crippen molar-refractivity contribution in [3.05, 3.63) is 0 Å². The molecule has 1 unspecified atom stereocenters. The van der Waals surface area contributed by atoms with Crippen molar-refractivity contribution in [1.82, 2.24) is 4.90 Å². The van der Waals surface area contributed by atoms with Crippen molar-refractivity contribution in [2.24, 2.45) is 23.3 Å². The molecule has 2 fully saturated rings. The summed E-state index contributed by atoms with van der Waals surface area (Å²) in [4.78, 5) is 14.0. The maximum Gasteiger partial charge on any atom is 0.239 e. The topological polar surface area (TPSA) is 72.3 Å². The van der Waals surface area contributed by atoms with Crippen molar-refractivity contribution in [3.8, 4) is 0 Å². The zero-order valence-corrected chi connectivity index (χ0v) is 11.0. The van der Waals surface area contributed by atoms with E-state index < -0.39 is 5.54 Å². The lowest BCUT2D eigenvalue weighted by molar-refractivity contribution is -0.124. The third-order valence-corrected chi connectivity index (χ3v) is 4.15. The molecule has 2 aliphatic rings. The first-order valence-corrected chi connectivity index (χ1v) is 6.76. The number of carbonyl (C=O) groups is 1. The Labute approximate surface area is 104 Å². The SMILES string of the molecule is CC(C)N(CC1CC1)CC(N)(C(N)=O)C1CC1. The van der Waals surface area contributed by atoms with E-state index >= 15 is 0 Å². The molecule has 4 nitrogen and oxygen atoms in total. The smallest absolute Gasteiger partial charge is 0.239 e. The summed E-state index contributed by atoms with van der Waals surface area (Å²) >= 11 is 0. The normalized spacial score (nSPS) is 24.1. The van der Waals surface area contributed by atoms with Crippen LogP contribution in [0.4, 0.5) is 0 Å². The van der Waals surface area contributed by atoms with Gasteiger partial charge in [-0.05, 0) is 51.4 Å². The lowest BCUT2D eigenvalue weighted by Crippen LogP contribution is -2.61. The van der Waals surface area contributed by atoms with E-state index in [1.54, 1.807) is 0 Å². The summed E-state index contributed by atoms with van der Waals surface area (Å²) in [6.07, 6.45) is 4.74. The molecule has 0 aromatic carbocycles. The first-order valence-electron chi connectivity index (χ1n) is 6.76. The van der Waals surface area contributed by atoms with Crippen molar-refractivity contribution in [1.29, 1.82) is 0 Å². The Hall–Kier alpha value is -0.610. The molecule has 2 saturated carbocycles. The Balaban J connectivity index is 2.00. The van der Waals surface area contributed by atoms with Gasteiger partial charge >= 0.3 is 0 Å². The second kappa shape index (κ2) is 4.58. The van der Waals surface area contributed by atoms with E-state index in [0.717, 1.165) is 25.3 Å². The predicted octanol–water partition coefficient (Wildman–Crippen LogP) is 0.700. The van der Waals surface area contributed by atoms with Gasteiger partial charge in [0.2, 0.25) is 5.91 Å². The standard InChI is InChI=1S/C13H25N3O/c1-9(2)16(7-10-3-4-10)8-13(15,12(14)17)11-5-6-11/h9-11H,3-8,15H2,1-2H3,(H2,14,17). The summed E-state index contributed by atoms with van der Waals surface area (Å²) in [6, 6.07) is 0.427. The van der Waals surface area contributed by atoms with E-state index in [4.69, 9.17) is 11.5 Å². The van der Waals surface area contributed by atoms with Crippen LogP contribution >= 0.6 is 0 Å². The molecule has 1 atom stereocenters. The number of rotatable bonds is 7. The van der Waals surface area contributed by atoms with Crippen LogP contribution in [0, 0.1) is 11.8 Å². The molecule has 2 aliphatic carbocycles. The minimum atomic E-state index is -0.806. The molecule has 0 heterocycles. The molecule has 1 amide bonds. The van der Waals surface area contributed by atoms with Crippen LogP contribution in [0.3, 0.4) is 0 Å². The van der Waals surface area contributed by atoms with Gasteiger partial charge in [-0.2, -0.15) is 0 Å². The third kappa shape index (κ3) is 2.99. The summed E-state index contributed by atoms with van der Waals surface area (Å²) in [5.41, 5.74) is 11.0. The zero-order valence-electron chi connectivity index (χ0n) is 11.0. The molecular formula is C13H25N3O. The van der Waals surface area contributed by atoms with Crippen LogP contribution in [0.2, 0.25) is 0 Å². The van der Waals surface area contributed by atoms with E-state index in [0.29, 0.717) is 18.5 Å². The van der Waals surface area contributed by atoms with Crippen molar-refractivity contribution >= 4 is 5.91 Å². The van der Waals surface area contributed by atoms with Crippen molar-refractivity contribution in [2.45, 2.75) is 51.1 Å². The zero-order chi connectivity index (χ0) is 12.6. The second-order valence-electron chi connectivity index (χ2n) is 6.15. The van der Waals surface area contributed by atoms with Crippen molar-refractivity contribution in [3.63, 3.8) is 0 Å². The van der Waals surface area contributed by atoms with Gasteiger partial charge in [0.1, 0.15) is 5.54 Å². The van der Waals surface area contributed by atoms with Crippen molar-refractivity contribution in [2.75, 3.05) is 13.1 Å². The highest BCUT2D eigenvalue weighted by atomic mass is 16.1. The fourth-order valence-electron chi connectivity index (χ4n) is 2.43. The molecule has 0 saturated heterocycles. The fourth-order valence-corrected chi connectivity index (χ4v) is 2.43. The second-order valence-corrected chi connectivity index (χ2v) is 6.15. The summed E-state index contributed by atoms with van der Waals surface area (Å²) < 4.78 is 0. The molecule has 0 radical (unpaired) electrons. The number of hydrogen-bond donors (Lipinski definition) is 2. The van der Waals surface area contributed by atoms with Crippen LogP contribution in [-0.2, 0) is 4.79 Å². The van der Waals surface area contributed by atoms with E-state index in [1.807, 2.05) is 0 Å². The van der Waals surface area contributed by atoms with Gasteiger partial charge in [-0.1, -0.05) is 0 Å². The molecule has 98 valence electrons. The summed E-state index contributed by atoms with van der Waals surface area (Å²) in [5.74, 6) is 0.788. The van der Waals surface area contributed by atoms with Gasteiger partial charge in [0.25, 0.3) is 0 Å². The van der Waals surface area contributed by atoms with Gasteiger partial charge in [0.05, 0.1) is 0 Å². The molecular weight excluding hydrogens is 214 g/mol. The monoisotopic (exact) mass is 239 g/mol. The highest BCUT2D eigenvalue weighted by Crippen LogP contribution is 2.39. The summed E-state index contributed by atoms with van der Waals surface area (Å²) in [5, 5.41) is 0. The van der Waals surface area contributed by atoms with Crippen LogP contribution in [0.15, 0.2) is 0 Å². The maximum atomic E-state index is 11.6.